The lowest BCUT2D eigenvalue weighted by atomic mass is 10.0. The van der Waals surface area contributed by atoms with Gasteiger partial charge in [-0.15, -0.1) is 0 Å². The number of ether oxygens (including phenoxy) is 1. The zero-order valence-electron chi connectivity index (χ0n) is 5.45. The second-order valence-electron chi connectivity index (χ2n) is 2.23. The van der Waals surface area contributed by atoms with Crippen molar-refractivity contribution in [2.75, 3.05) is 0 Å². The van der Waals surface area contributed by atoms with Crippen molar-refractivity contribution >= 4 is 0 Å². The third-order valence-corrected chi connectivity index (χ3v) is 1.55. The third-order valence-electron chi connectivity index (χ3n) is 1.55. The summed E-state index contributed by atoms with van der Waals surface area (Å²) in [7, 11) is 0. The molecule has 0 aromatic carbocycles. The van der Waals surface area contributed by atoms with Crippen LogP contribution in [0, 0.1) is 6.26 Å². The fourth-order valence-corrected chi connectivity index (χ4v) is 1.04. The van der Waals surface area contributed by atoms with Crippen LogP contribution in [0.3, 0.4) is 0 Å². The molecule has 1 atom stereocenters. The molecular weight excluding hydrogens is 124 g/mol. The van der Waals surface area contributed by atoms with Crippen molar-refractivity contribution in [1.82, 2.24) is 0 Å². The van der Waals surface area contributed by atoms with Crippen LogP contribution >= 0.6 is 0 Å². The molecule has 0 aromatic heterocycles. The maximum Gasteiger partial charge on any atom is 0.295 e. The van der Waals surface area contributed by atoms with E-state index in [0.29, 0.717) is 0 Å². The Morgan fingerprint density at radius 2 is 2.40 bits per heavy atom. The van der Waals surface area contributed by atoms with Gasteiger partial charge < -0.3 is 4.74 Å². The minimum Gasteiger partial charge on any atom is -0.340 e. The lowest BCUT2D eigenvalue weighted by Crippen LogP contribution is -2.12. The van der Waals surface area contributed by atoms with E-state index >= 15 is 0 Å². The predicted molar refractivity (Wildman–Crippen MR) is 39.0 cm³/mol. The average Bonchev–Trinajstić information content (AvgIpc) is 2.05. The van der Waals surface area contributed by atoms with Crippen molar-refractivity contribution in [1.29, 1.82) is 0 Å². The Kier molecular flexibility index (Phi) is 1.16. The summed E-state index contributed by atoms with van der Waals surface area (Å²) in [5, 5.41) is 0. The number of hydrogen-bond donors (Lipinski definition) is 0. The van der Waals surface area contributed by atoms with Gasteiger partial charge in [0.1, 0.15) is 0 Å². The van der Waals surface area contributed by atoms with E-state index in [2.05, 4.69) is 6.26 Å². The molecule has 1 nitrogen and oxygen atoms in total. The highest BCUT2D eigenvalue weighted by Gasteiger charge is 2.19. The number of fused-ring (bicyclic) bond motifs is 1. The Morgan fingerprint density at radius 3 is 3.30 bits per heavy atom. The van der Waals surface area contributed by atoms with Crippen molar-refractivity contribution < 1.29 is 4.74 Å². The molecule has 10 heavy (non-hydrogen) atoms. The Morgan fingerprint density at radius 1 is 1.40 bits per heavy atom. The van der Waals surface area contributed by atoms with Crippen molar-refractivity contribution in [2.45, 2.75) is 6.10 Å². The van der Waals surface area contributed by atoms with E-state index in [1.54, 1.807) is 6.08 Å². The first-order chi connectivity index (χ1) is 4.97. The molecule has 0 spiro atoms. The smallest absolute Gasteiger partial charge is 0.295 e. The molecule has 0 saturated carbocycles. The van der Waals surface area contributed by atoms with Gasteiger partial charge in [0.15, 0.2) is 12.2 Å². The molecule has 0 amide bonds. The standard InChI is InChI=1S/C9H7O/c1-2-6-9-8(4-1)5-3-7-10-9/h1-6,9H/q+1. The molecule has 1 heterocycles. The van der Waals surface area contributed by atoms with Gasteiger partial charge in [0.05, 0.1) is 11.6 Å². The molecule has 1 unspecified atom stereocenters. The van der Waals surface area contributed by atoms with Gasteiger partial charge in [-0.2, -0.15) is 0 Å². The van der Waals surface area contributed by atoms with Crippen LogP contribution < -0.4 is 0 Å². The highest BCUT2D eigenvalue weighted by molar-refractivity contribution is 5.37. The number of rotatable bonds is 0. The van der Waals surface area contributed by atoms with Gasteiger partial charge in [0.2, 0.25) is 0 Å². The van der Waals surface area contributed by atoms with Crippen LogP contribution in [0.4, 0.5) is 0 Å². The van der Waals surface area contributed by atoms with Gasteiger partial charge in [0, 0.05) is 0 Å². The summed E-state index contributed by atoms with van der Waals surface area (Å²) < 4.78 is 5.17. The molecule has 0 fully saturated rings. The SMILES string of the molecule is [C+]1=CC=C2C=CC=CC2O1. The summed E-state index contributed by atoms with van der Waals surface area (Å²) in [4.78, 5) is 0. The molecule has 0 aromatic rings. The predicted octanol–water partition coefficient (Wildman–Crippen LogP) is 1.75. The van der Waals surface area contributed by atoms with Crippen LogP contribution in [0.15, 0.2) is 42.0 Å². The summed E-state index contributed by atoms with van der Waals surface area (Å²) >= 11 is 0. The van der Waals surface area contributed by atoms with Crippen LogP contribution in [0.2, 0.25) is 0 Å². The van der Waals surface area contributed by atoms with E-state index in [0.717, 1.165) is 0 Å². The van der Waals surface area contributed by atoms with Crippen molar-refractivity contribution in [3.8, 4) is 0 Å². The van der Waals surface area contributed by atoms with E-state index in [4.69, 9.17) is 4.74 Å². The molecule has 0 N–H and O–H groups in total. The minimum absolute atomic E-state index is 0.106. The van der Waals surface area contributed by atoms with Gasteiger partial charge in [0.25, 0.3) is 6.26 Å². The molecule has 2 rings (SSSR count). The first-order valence-electron chi connectivity index (χ1n) is 3.26. The highest BCUT2D eigenvalue weighted by Crippen LogP contribution is 2.17. The quantitative estimate of drug-likeness (QED) is 0.455. The van der Waals surface area contributed by atoms with Gasteiger partial charge >= 0.3 is 0 Å². The van der Waals surface area contributed by atoms with Crippen molar-refractivity contribution in [2.24, 2.45) is 0 Å². The van der Waals surface area contributed by atoms with Gasteiger partial charge in [-0.3, -0.25) is 0 Å². The number of allylic oxidation sites excluding steroid dienone is 4. The Hall–Kier alpha value is -1.33. The zero-order valence-corrected chi connectivity index (χ0v) is 5.45. The normalized spacial score (nSPS) is 26.4. The van der Waals surface area contributed by atoms with E-state index in [9.17, 15) is 0 Å². The molecule has 0 saturated heterocycles. The first-order valence-corrected chi connectivity index (χ1v) is 3.26. The summed E-state index contributed by atoms with van der Waals surface area (Å²) in [6.07, 6.45) is 14.6. The van der Waals surface area contributed by atoms with Crippen LogP contribution in [0.1, 0.15) is 0 Å². The van der Waals surface area contributed by atoms with Crippen molar-refractivity contribution in [3.05, 3.63) is 48.3 Å². The molecule has 2 aliphatic rings. The van der Waals surface area contributed by atoms with E-state index in [-0.39, 0.29) is 6.10 Å². The summed E-state index contributed by atoms with van der Waals surface area (Å²) in [5.74, 6) is 0. The molecule has 1 heteroatoms. The highest BCUT2D eigenvalue weighted by atomic mass is 16.5. The molecule has 0 bridgehead atoms. The lowest BCUT2D eigenvalue weighted by Gasteiger charge is -2.09. The van der Waals surface area contributed by atoms with Gasteiger partial charge in [-0.25, -0.2) is 0 Å². The molecule has 0 radical (unpaired) electrons. The fourth-order valence-electron chi connectivity index (χ4n) is 1.04. The summed E-state index contributed by atoms with van der Waals surface area (Å²) in [5.41, 5.74) is 1.20. The topological polar surface area (TPSA) is 9.23 Å². The summed E-state index contributed by atoms with van der Waals surface area (Å²) in [6, 6.07) is 0. The molecular formula is C9H7O+. The monoisotopic (exact) mass is 131 g/mol. The van der Waals surface area contributed by atoms with E-state index in [1.807, 2.05) is 30.4 Å². The molecule has 1 aliphatic heterocycles. The van der Waals surface area contributed by atoms with Gasteiger partial charge in [-0.05, 0) is 12.2 Å². The molecule has 48 valence electrons. The Labute approximate surface area is 60.0 Å². The second-order valence-corrected chi connectivity index (χ2v) is 2.23. The van der Waals surface area contributed by atoms with E-state index < -0.39 is 0 Å². The minimum atomic E-state index is 0.106. The maximum atomic E-state index is 5.17. The van der Waals surface area contributed by atoms with Crippen LogP contribution in [-0.4, -0.2) is 6.10 Å². The maximum absolute atomic E-state index is 5.17. The zero-order chi connectivity index (χ0) is 6.81. The first kappa shape index (κ1) is 5.45. The van der Waals surface area contributed by atoms with E-state index in [1.165, 1.54) is 5.57 Å². The summed E-state index contributed by atoms with van der Waals surface area (Å²) in [6.45, 7) is 0. The second kappa shape index (κ2) is 2.13. The molecule has 1 aliphatic carbocycles. The largest absolute Gasteiger partial charge is 0.340 e. The van der Waals surface area contributed by atoms with Gasteiger partial charge in [-0.1, -0.05) is 12.2 Å². The van der Waals surface area contributed by atoms with Crippen molar-refractivity contribution in [3.63, 3.8) is 0 Å². The fraction of sp³-hybridized carbons (Fsp3) is 0.111. The van der Waals surface area contributed by atoms with Crippen LogP contribution in [-0.2, 0) is 4.74 Å². The Bertz CT molecular complexity index is 243. The van der Waals surface area contributed by atoms with Crippen LogP contribution in [0.25, 0.3) is 0 Å². The third kappa shape index (κ3) is 0.772. The average molecular weight is 131 g/mol. The number of hydrogen-bond acceptors (Lipinski definition) is 1. The Balaban J connectivity index is 2.34. The lowest BCUT2D eigenvalue weighted by molar-refractivity contribution is 0.195. The van der Waals surface area contributed by atoms with Crippen LogP contribution in [0.5, 0.6) is 0 Å².